The van der Waals surface area contributed by atoms with Crippen molar-refractivity contribution in [2.75, 3.05) is 31.0 Å². The number of rotatable bonds is 6. The molecule has 1 N–H and O–H groups in total. The molecule has 1 saturated heterocycles. The Labute approximate surface area is 148 Å². The van der Waals surface area contributed by atoms with Gasteiger partial charge in [0.2, 0.25) is 16.9 Å². The third-order valence-corrected chi connectivity index (χ3v) is 4.64. The summed E-state index contributed by atoms with van der Waals surface area (Å²) >= 11 is 1.25. The van der Waals surface area contributed by atoms with Crippen LogP contribution in [0.2, 0.25) is 0 Å². The highest BCUT2D eigenvalue weighted by Crippen LogP contribution is 2.28. The maximum atomic E-state index is 12.4. The second-order valence-electron chi connectivity index (χ2n) is 5.53. The van der Waals surface area contributed by atoms with Crippen LogP contribution < -0.4 is 15.0 Å². The molecule has 0 spiro atoms. The number of anilines is 2. The minimum atomic E-state index is -0.437. The normalized spacial score (nSPS) is 17.0. The summed E-state index contributed by atoms with van der Waals surface area (Å²) in [4.78, 5) is 26.3. The second-order valence-corrected chi connectivity index (χ2v) is 6.59. The van der Waals surface area contributed by atoms with Gasteiger partial charge in [-0.2, -0.15) is 0 Å². The first kappa shape index (κ1) is 17.3. The molecule has 132 valence electrons. The van der Waals surface area contributed by atoms with Gasteiger partial charge < -0.3 is 19.7 Å². The van der Waals surface area contributed by atoms with E-state index in [9.17, 15) is 9.59 Å². The minimum Gasteiger partial charge on any atom is -0.497 e. The fraction of sp³-hybridized carbons (Fsp3) is 0.375. The van der Waals surface area contributed by atoms with Gasteiger partial charge in [-0.15, -0.1) is 10.2 Å². The molecular weight excluding hydrogens is 344 g/mol. The van der Waals surface area contributed by atoms with Gasteiger partial charge >= 0.3 is 0 Å². The molecule has 1 aromatic carbocycles. The summed E-state index contributed by atoms with van der Waals surface area (Å²) in [5.74, 6) is -0.101. The summed E-state index contributed by atoms with van der Waals surface area (Å²) in [5, 5.41) is 11.6. The summed E-state index contributed by atoms with van der Waals surface area (Å²) < 4.78 is 10.2. The van der Waals surface area contributed by atoms with Gasteiger partial charge in [0.1, 0.15) is 17.4 Å². The Hall–Kier alpha value is -2.52. The molecule has 0 unspecified atom stereocenters. The van der Waals surface area contributed by atoms with Crippen molar-refractivity contribution in [2.24, 2.45) is 5.92 Å². The van der Waals surface area contributed by atoms with Gasteiger partial charge in [-0.25, -0.2) is 0 Å². The number of aromatic nitrogens is 2. The van der Waals surface area contributed by atoms with Crippen LogP contribution in [0.4, 0.5) is 10.8 Å². The number of benzene rings is 1. The van der Waals surface area contributed by atoms with E-state index in [0.29, 0.717) is 29.0 Å². The van der Waals surface area contributed by atoms with Crippen molar-refractivity contribution in [3.05, 3.63) is 29.3 Å². The number of amides is 2. The number of carbonyl (C=O) groups is 2. The molecule has 1 aromatic heterocycles. The van der Waals surface area contributed by atoms with E-state index in [1.165, 1.54) is 11.3 Å². The molecule has 2 amide bonds. The molecular formula is C16H18N4O4S. The molecule has 1 fully saturated rings. The summed E-state index contributed by atoms with van der Waals surface area (Å²) in [6, 6.07) is 7.22. The molecule has 9 heteroatoms. The van der Waals surface area contributed by atoms with Crippen LogP contribution in [-0.4, -0.2) is 42.8 Å². The number of methoxy groups -OCH3 is 2. The van der Waals surface area contributed by atoms with Crippen LogP contribution in [0.3, 0.4) is 0 Å². The van der Waals surface area contributed by atoms with Gasteiger partial charge in [-0.1, -0.05) is 17.4 Å². The third-order valence-electron chi connectivity index (χ3n) is 3.83. The molecule has 0 aliphatic carbocycles. The van der Waals surface area contributed by atoms with E-state index in [1.807, 2.05) is 12.1 Å². The van der Waals surface area contributed by atoms with Gasteiger partial charge in [0.25, 0.3) is 0 Å². The maximum Gasteiger partial charge on any atom is 0.231 e. The Kier molecular flexibility index (Phi) is 5.25. The first-order chi connectivity index (χ1) is 12.1. The quantitative estimate of drug-likeness (QED) is 0.840. The van der Waals surface area contributed by atoms with E-state index in [4.69, 9.17) is 9.47 Å². The molecule has 2 aromatic rings. The highest BCUT2D eigenvalue weighted by Gasteiger charge is 2.35. The number of ether oxygens (including phenoxy) is 2. The van der Waals surface area contributed by atoms with Crippen LogP contribution in [0.1, 0.15) is 11.4 Å². The zero-order chi connectivity index (χ0) is 17.8. The zero-order valence-electron chi connectivity index (χ0n) is 13.9. The predicted molar refractivity (Wildman–Crippen MR) is 92.7 cm³/mol. The van der Waals surface area contributed by atoms with Crippen LogP contribution >= 0.6 is 11.3 Å². The molecule has 0 bridgehead atoms. The lowest BCUT2D eigenvalue weighted by Crippen LogP contribution is -2.28. The minimum absolute atomic E-state index is 0.0919. The summed E-state index contributed by atoms with van der Waals surface area (Å²) in [5.41, 5.74) is 0.720. The maximum absolute atomic E-state index is 12.4. The Morgan fingerprint density at radius 2 is 2.24 bits per heavy atom. The summed E-state index contributed by atoms with van der Waals surface area (Å²) in [7, 11) is 3.14. The average Bonchev–Trinajstić information content (AvgIpc) is 3.22. The molecule has 3 rings (SSSR count). The Bertz CT molecular complexity index is 779. The van der Waals surface area contributed by atoms with Crippen molar-refractivity contribution in [3.63, 3.8) is 0 Å². The van der Waals surface area contributed by atoms with Crippen LogP contribution in [0.25, 0.3) is 0 Å². The second kappa shape index (κ2) is 7.58. The van der Waals surface area contributed by atoms with Crippen molar-refractivity contribution < 1.29 is 19.1 Å². The van der Waals surface area contributed by atoms with Gasteiger partial charge in [0.15, 0.2) is 0 Å². The van der Waals surface area contributed by atoms with E-state index >= 15 is 0 Å². The summed E-state index contributed by atoms with van der Waals surface area (Å²) in [6.45, 7) is 0.667. The fourth-order valence-electron chi connectivity index (χ4n) is 2.60. The Balaban J connectivity index is 1.65. The summed E-state index contributed by atoms with van der Waals surface area (Å²) in [6.07, 6.45) is 0.159. The monoisotopic (exact) mass is 362 g/mol. The molecule has 25 heavy (non-hydrogen) atoms. The van der Waals surface area contributed by atoms with Crippen LogP contribution in [0.15, 0.2) is 24.3 Å². The highest BCUT2D eigenvalue weighted by molar-refractivity contribution is 7.15. The zero-order valence-corrected chi connectivity index (χ0v) is 14.7. The van der Waals surface area contributed by atoms with Crippen LogP contribution in [0.5, 0.6) is 5.75 Å². The number of nitrogens with zero attached hydrogens (tertiary/aromatic N) is 3. The smallest absolute Gasteiger partial charge is 0.231 e. The van der Waals surface area contributed by atoms with Crippen molar-refractivity contribution in [1.82, 2.24) is 10.2 Å². The molecule has 2 heterocycles. The number of nitrogens with one attached hydrogen (secondary N) is 1. The number of hydrogen-bond acceptors (Lipinski definition) is 7. The average molecular weight is 362 g/mol. The Morgan fingerprint density at radius 3 is 3.00 bits per heavy atom. The van der Waals surface area contributed by atoms with Crippen molar-refractivity contribution in [3.8, 4) is 5.75 Å². The van der Waals surface area contributed by atoms with E-state index in [1.54, 1.807) is 31.3 Å². The molecule has 1 atom stereocenters. The topological polar surface area (TPSA) is 93.7 Å². The van der Waals surface area contributed by atoms with E-state index in [0.717, 1.165) is 5.69 Å². The standard InChI is InChI=1S/C16H18N4O4S/c1-23-9-13-18-19-16(25-13)17-15(22)10-6-14(21)20(8-10)11-4-3-5-12(7-11)24-2/h3-5,7,10H,6,8-9H2,1-2H3,(H,17,19,22)/t10-/m0/s1. The number of hydrogen-bond donors (Lipinski definition) is 1. The van der Waals surface area contributed by atoms with Gasteiger partial charge in [0.05, 0.1) is 13.0 Å². The molecule has 0 radical (unpaired) electrons. The highest BCUT2D eigenvalue weighted by atomic mass is 32.1. The van der Waals surface area contributed by atoms with Crippen molar-refractivity contribution in [2.45, 2.75) is 13.0 Å². The SMILES string of the molecule is COCc1nnc(NC(=O)[C@H]2CC(=O)N(c3cccc(OC)c3)C2)s1. The lowest BCUT2D eigenvalue weighted by Gasteiger charge is -2.17. The van der Waals surface area contributed by atoms with Crippen LogP contribution in [-0.2, 0) is 20.9 Å². The first-order valence-electron chi connectivity index (χ1n) is 7.67. The van der Waals surface area contributed by atoms with Gasteiger partial charge in [0, 0.05) is 31.8 Å². The number of carbonyl (C=O) groups excluding carboxylic acids is 2. The lowest BCUT2D eigenvalue weighted by molar-refractivity contribution is -0.122. The van der Waals surface area contributed by atoms with Crippen molar-refractivity contribution >= 4 is 34.0 Å². The lowest BCUT2D eigenvalue weighted by atomic mass is 10.1. The first-order valence-corrected chi connectivity index (χ1v) is 8.49. The third kappa shape index (κ3) is 3.94. The van der Waals surface area contributed by atoms with E-state index in [-0.39, 0.29) is 18.2 Å². The molecule has 8 nitrogen and oxygen atoms in total. The van der Waals surface area contributed by atoms with E-state index < -0.39 is 5.92 Å². The Morgan fingerprint density at radius 1 is 1.40 bits per heavy atom. The molecule has 1 aliphatic heterocycles. The predicted octanol–water partition coefficient (Wildman–Crippen LogP) is 1.68. The van der Waals surface area contributed by atoms with E-state index in [2.05, 4.69) is 15.5 Å². The van der Waals surface area contributed by atoms with Crippen molar-refractivity contribution in [1.29, 1.82) is 0 Å². The molecule has 0 saturated carbocycles. The molecule has 1 aliphatic rings. The van der Waals surface area contributed by atoms with Crippen LogP contribution in [0, 0.1) is 5.92 Å². The van der Waals surface area contributed by atoms with Gasteiger partial charge in [-0.05, 0) is 12.1 Å². The largest absolute Gasteiger partial charge is 0.497 e. The fourth-order valence-corrected chi connectivity index (χ4v) is 3.32. The van der Waals surface area contributed by atoms with Gasteiger partial charge in [-0.3, -0.25) is 9.59 Å².